The highest BCUT2D eigenvalue weighted by Crippen LogP contribution is 2.23. The minimum atomic E-state index is -1.07. The molecule has 0 aliphatic heterocycles. The van der Waals surface area contributed by atoms with Gasteiger partial charge in [0.1, 0.15) is 5.75 Å². The average Bonchev–Trinajstić information content (AvgIpc) is 2.95. The summed E-state index contributed by atoms with van der Waals surface area (Å²) in [4.78, 5) is 50.2. The molecule has 3 N–H and O–H groups in total. The largest absolute Gasteiger partial charge is 0.422 e. The summed E-state index contributed by atoms with van der Waals surface area (Å²) in [5.74, 6) is -2.91. The average molecular weight is 599 g/mol. The van der Waals surface area contributed by atoms with Crippen LogP contribution in [-0.2, 0) is 9.59 Å². The molecule has 0 heterocycles. The maximum absolute atomic E-state index is 12.7. The third-order valence-corrected chi connectivity index (χ3v) is 5.98. The highest BCUT2D eigenvalue weighted by molar-refractivity contribution is 9.10. The van der Waals surface area contributed by atoms with Gasteiger partial charge in [0.25, 0.3) is 5.91 Å². The molecule has 0 atom stereocenters. The topological polar surface area (TPSA) is 126 Å². The fourth-order valence-electron chi connectivity index (χ4n) is 3.46. The molecule has 40 heavy (non-hydrogen) atoms. The molecule has 3 amide bonds. The number of ether oxygens (including phenoxy) is 1. The molecular weight excluding hydrogens is 576 g/mol. The Morgan fingerprint density at radius 1 is 0.800 bits per heavy atom. The number of benzene rings is 4. The zero-order chi connectivity index (χ0) is 28.5. The van der Waals surface area contributed by atoms with Crippen molar-refractivity contribution in [3.05, 3.63) is 124 Å². The fraction of sp³-hybridized carbons (Fsp3) is 0.0333. The number of aryl methyl sites for hydroxylation is 1. The summed E-state index contributed by atoms with van der Waals surface area (Å²) in [5, 5.41) is 9.00. The number of hydrazone groups is 1. The Hall–Kier alpha value is -5.09. The van der Waals surface area contributed by atoms with Gasteiger partial charge in [-0.05, 0) is 61.5 Å². The second kappa shape index (κ2) is 13.1. The number of nitrogens with one attached hydrogen (secondary N) is 3. The summed E-state index contributed by atoms with van der Waals surface area (Å²) in [6.07, 6.45) is 1.24. The molecule has 0 spiro atoms. The molecule has 0 aromatic heterocycles. The van der Waals surface area contributed by atoms with Crippen LogP contribution in [0.1, 0.15) is 31.8 Å². The van der Waals surface area contributed by atoms with E-state index < -0.39 is 23.7 Å². The predicted octanol–water partition coefficient (Wildman–Crippen LogP) is 5.32. The van der Waals surface area contributed by atoms with E-state index >= 15 is 0 Å². The molecule has 4 aromatic carbocycles. The molecule has 0 aliphatic carbocycles. The monoisotopic (exact) mass is 598 g/mol. The van der Waals surface area contributed by atoms with Crippen molar-refractivity contribution in [3.8, 4) is 5.75 Å². The van der Waals surface area contributed by atoms with Gasteiger partial charge in [0.2, 0.25) is 0 Å². The van der Waals surface area contributed by atoms with Gasteiger partial charge in [-0.3, -0.25) is 14.4 Å². The van der Waals surface area contributed by atoms with Gasteiger partial charge in [0.15, 0.2) is 0 Å². The summed E-state index contributed by atoms with van der Waals surface area (Å²) >= 11 is 3.35. The summed E-state index contributed by atoms with van der Waals surface area (Å²) in [7, 11) is 0. The Balaban J connectivity index is 1.40. The van der Waals surface area contributed by atoms with E-state index in [2.05, 4.69) is 37.1 Å². The molecule has 0 saturated carbocycles. The highest BCUT2D eigenvalue weighted by Gasteiger charge is 2.18. The Labute approximate surface area is 238 Å². The molecule has 0 aliphatic rings. The summed E-state index contributed by atoms with van der Waals surface area (Å²) < 4.78 is 6.19. The van der Waals surface area contributed by atoms with Crippen LogP contribution >= 0.6 is 15.9 Å². The summed E-state index contributed by atoms with van der Waals surface area (Å²) in [6.45, 7) is 1.91. The van der Waals surface area contributed by atoms with Gasteiger partial charge in [0, 0.05) is 15.7 Å². The maximum Gasteiger partial charge on any atom is 0.343 e. The molecule has 4 rings (SSSR count). The minimum absolute atomic E-state index is 0.150. The second-order valence-electron chi connectivity index (χ2n) is 8.46. The standard InChI is InChI=1S/C30H23BrN4O5/c1-19-11-13-20(14-12-19)30(39)40-26-16-15-22(31)17-21(26)18-32-35-29(38)28(37)34-25-10-6-5-9-24(25)27(36)33-23-7-3-2-4-8-23/h2-18H,1H3,(H,33,36)(H,34,37)(H,35,38)/b32-18+. The van der Waals surface area contributed by atoms with Gasteiger partial charge in [0.05, 0.1) is 23.0 Å². The SMILES string of the molecule is Cc1ccc(C(=O)Oc2ccc(Br)cc2/C=N/NC(=O)C(=O)Nc2ccccc2C(=O)Nc2ccccc2)cc1. The van der Waals surface area contributed by atoms with E-state index in [4.69, 9.17) is 4.74 Å². The first-order chi connectivity index (χ1) is 19.3. The first-order valence-corrected chi connectivity index (χ1v) is 12.8. The predicted molar refractivity (Wildman–Crippen MR) is 155 cm³/mol. The lowest BCUT2D eigenvalue weighted by Crippen LogP contribution is -2.33. The summed E-state index contributed by atoms with van der Waals surface area (Å²) in [5.41, 5.74) is 4.80. The van der Waals surface area contributed by atoms with E-state index in [1.54, 1.807) is 78.9 Å². The maximum atomic E-state index is 12.7. The fourth-order valence-corrected chi connectivity index (χ4v) is 3.84. The van der Waals surface area contributed by atoms with Crippen LogP contribution in [0.15, 0.2) is 107 Å². The minimum Gasteiger partial charge on any atom is -0.422 e. The van der Waals surface area contributed by atoms with E-state index in [0.29, 0.717) is 21.3 Å². The van der Waals surface area contributed by atoms with Gasteiger partial charge in [-0.25, -0.2) is 10.2 Å². The quantitative estimate of drug-likeness (QED) is 0.0872. The number of amides is 3. The van der Waals surface area contributed by atoms with Gasteiger partial charge in [-0.15, -0.1) is 0 Å². The number of nitrogens with zero attached hydrogens (tertiary/aromatic N) is 1. The lowest BCUT2D eigenvalue weighted by atomic mass is 10.1. The van der Waals surface area contributed by atoms with Gasteiger partial charge >= 0.3 is 17.8 Å². The van der Waals surface area contributed by atoms with Crippen molar-refractivity contribution in [2.45, 2.75) is 6.92 Å². The zero-order valence-corrected chi connectivity index (χ0v) is 22.8. The number of halogens is 1. The summed E-state index contributed by atoms with van der Waals surface area (Å²) in [6, 6.07) is 26.9. The van der Waals surface area contributed by atoms with Crippen LogP contribution in [0.2, 0.25) is 0 Å². The second-order valence-corrected chi connectivity index (χ2v) is 9.37. The first-order valence-electron chi connectivity index (χ1n) is 12.0. The third kappa shape index (κ3) is 7.49. The van der Waals surface area contributed by atoms with Crippen molar-refractivity contribution in [2.24, 2.45) is 5.10 Å². The van der Waals surface area contributed by atoms with Crippen molar-refractivity contribution in [1.82, 2.24) is 5.43 Å². The number of rotatable bonds is 7. The van der Waals surface area contributed by atoms with E-state index in [1.807, 2.05) is 13.0 Å². The normalized spacial score (nSPS) is 10.6. The molecule has 4 aromatic rings. The van der Waals surface area contributed by atoms with Gasteiger partial charge in [-0.1, -0.05) is 64.0 Å². The highest BCUT2D eigenvalue weighted by atomic mass is 79.9. The zero-order valence-electron chi connectivity index (χ0n) is 21.2. The molecule has 0 bridgehead atoms. The molecule has 0 unspecified atom stereocenters. The molecule has 0 radical (unpaired) electrons. The number of hydrogen-bond donors (Lipinski definition) is 3. The van der Waals surface area contributed by atoms with Crippen LogP contribution in [0, 0.1) is 6.92 Å². The number of para-hydroxylation sites is 2. The van der Waals surface area contributed by atoms with Crippen molar-refractivity contribution >= 4 is 57.2 Å². The van der Waals surface area contributed by atoms with Crippen LogP contribution in [-0.4, -0.2) is 29.9 Å². The Bertz CT molecular complexity index is 1590. The Morgan fingerprint density at radius 2 is 1.50 bits per heavy atom. The lowest BCUT2D eigenvalue weighted by Gasteiger charge is -2.11. The number of anilines is 2. The van der Waals surface area contributed by atoms with E-state index in [0.717, 1.165) is 5.56 Å². The molecule has 0 fully saturated rings. The van der Waals surface area contributed by atoms with Gasteiger partial charge in [-0.2, -0.15) is 5.10 Å². The third-order valence-electron chi connectivity index (χ3n) is 5.49. The van der Waals surface area contributed by atoms with Crippen LogP contribution < -0.4 is 20.8 Å². The van der Waals surface area contributed by atoms with Crippen LogP contribution in [0.3, 0.4) is 0 Å². The van der Waals surface area contributed by atoms with Crippen LogP contribution in [0.5, 0.6) is 5.75 Å². The molecule has 200 valence electrons. The van der Waals surface area contributed by atoms with E-state index in [-0.39, 0.29) is 17.0 Å². The van der Waals surface area contributed by atoms with Gasteiger partial charge < -0.3 is 15.4 Å². The number of esters is 1. The number of carbonyl (C=O) groups excluding carboxylic acids is 4. The van der Waals surface area contributed by atoms with Crippen molar-refractivity contribution in [2.75, 3.05) is 10.6 Å². The molecule has 9 nitrogen and oxygen atoms in total. The number of carbonyl (C=O) groups is 4. The van der Waals surface area contributed by atoms with Crippen molar-refractivity contribution in [3.63, 3.8) is 0 Å². The first kappa shape index (κ1) is 27.9. The van der Waals surface area contributed by atoms with Crippen LogP contribution in [0.25, 0.3) is 0 Å². The van der Waals surface area contributed by atoms with Crippen molar-refractivity contribution < 1.29 is 23.9 Å². The van der Waals surface area contributed by atoms with Crippen molar-refractivity contribution in [1.29, 1.82) is 0 Å². The molecular formula is C30H23BrN4O5. The van der Waals surface area contributed by atoms with Crippen LogP contribution in [0.4, 0.5) is 11.4 Å². The lowest BCUT2D eigenvalue weighted by molar-refractivity contribution is -0.136. The Morgan fingerprint density at radius 3 is 2.25 bits per heavy atom. The smallest absolute Gasteiger partial charge is 0.343 e. The Kier molecular flexibility index (Phi) is 9.16. The molecule has 10 heteroatoms. The van der Waals surface area contributed by atoms with E-state index in [1.165, 1.54) is 18.3 Å². The molecule has 0 saturated heterocycles. The van der Waals surface area contributed by atoms with E-state index in [9.17, 15) is 19.2 Å². The number of hydrogen-bond acceptors (Lipinski definition) is 6.